The Morgan fingerprint density at radius 2 is 2.07 bits per heavy atom. The van der Waals surface area contributed by atoms with Crippen molar-refractivity contribution >= 4 is 11.0 Å². The Labute approximate surface area is 157 Å². The predicted molar refractivity (Wildman–Crippen MR) is 99.4 cm³/mol. The van der Waals surface area contributed by atoms with Gasteiger partial charge < -0.3 is 5.73 Å². The lowest BCUT2D eigenvalue weighted by atomic mass is 10.1. The summed E-state index contributed by atoms with van der Waals surface area (Å²) in [6.45, 7) is 1.84. The molecule has 0 aliphatic carbocycles. The summed E-state index contributed by atoms with van der Waals surface area (Å²) in [5.41, 5.74) is 9.13. The number of aromatic nitrogens is 6. The average molecular weight is 381 g/mol. The summed E-state index contributed by atoms with van der Waals surface area (Å²) in [5, 5.41) is 11.6. The minimum Gasteiger partial charge on any atom is -0.327 e. The van der Waals surface area contributed by atoms with Gasteiger partial charge in [0.15, 0.2) is 0 Å². The van der Waals surface area contributed by atoms with Crippen molar-refractivity contribution in [3.8, 4) is 16.9 Å². The molecule has 0 atom stereocenters. The van der Waals surface area contributed by atoms with Crippen LogP contribution in [0.3, 0.4) is 0 Å². The number of nitrogens with two attached hydrogens (primary N) is 1. The Hall–Kier alpha value is -3.66. The number of pyridine rings is 1. The van der Waals surface area contributed by atoms with Gasteiger partial charge in [0.1, 0.15) is 23.2 Å². The van der Waals surface area contributed by atoms with Gasteiger partial charge in [-0.15, -0.1) is 0 Å². The molecule has 142 valence electrons. The van der Waals surface area contributed by atoms with Crippen molar-refractivity contribution in [2.24, 2.45) is 5.73 Å². The fourth-order valence-electron chi connectivity index (χ4n) is 2.87. The Morgan fingerprint density at radius 3 is 2.82 bits per heavy atom. The third kappa shape index (κ3) is 3.09. The van der Waals surface area contributed by atoms with Crippen molar-refractivity contribution < 1.29 is 9.02 Å². The van der Waals surface area contributed by atoms with E-state index in [1.165, 1.54) is 10.9 Å². The van der Waals surface area contributed by atoms with Gasteiger partial charge in [-0.1, -0.05) is 6.07 Å². The zero-order valence-corrected chi connectivity index (χ0v) is 14.9. The van der Waals surface area contributed by atoms with Crippen molar-refractivity contribution in [1.82, 2.24) is 29.6 Å². The van der Waals surface area contributed by atoms with E-state index in [4.69, 9.17) is 10.4 Å². The highest BCUT2D eigenvalue weighted by Crippen LogP contribution is 2.24. The number of aryl methyl sites for hydroxylation is 1. The molecule has 0 fully saturated rings. The predicted octanol–water partition coefficient (Wildman–Crippen LogP) is 1.75. The van der Waals surface area contributed by atoms with Crippen molar-refractivity contribution in [1.29, 1.82) is 0 Å². The largest absolute Gasteiger partial charge is 0.351 e. The molecule has 4 rings (SSSR count). The van der Waals surface area contributed by atoms with Crippen LogP contribution < -0.4 is 11.4 Å². The van der Waals surface area contributed by atoms with E-state index in [-0.39, 0.29) is 18.7 Å². The normalized spacial score (nSPS) is 12.0. The van der Waals surface area contributed by atoms with E-state index in [1.807, 2.05) is 31.2 Å². The highest BCUT2D eigenvalue weighted by molar-refractivity contribution is 5.80. The Morgan fingerprint density at radius 1 is 1.25 bits per heavy atom. The number of hydrogen-bond donors (Lipinski definition) is 1. The second-order valence-electron chi connectivity index (χ2n) is 6.24. The number of benzene rings is 1. The molecule has 0 saturated carbocycles. The van der Waals surface area contributed by atoms with Crippen molar-refractivity contribution in [2.75, 3.05) is 6.54 Å². The maximum absolute atomic E-state index is 12.7. The molecule has 9 nitrogen and oxygen atoms in total. The summed E-state index contributed by atoms with van der Waals surface area (Å²) in [6, 6.07) is 7.47. The van der Waals surface area contributed by atoms with E-state index in [9.17, 15) is 9.18 Å². The number of rotatable bonds is 5. The van der Waals surface area contributed by atoms with Gasteiger partial charge in [0.2, 0.25) is 0 Å². The molecule has 0 unspecified atom stereocenters. The lowest BCUT2D eigenvalue weighted by Crippen LogP contribution is -2.26. The van der Waals surface area contributed by atoms with E-state index in [0.717, 1.165) is 21.4 Å². The molecule has 28 heavy (non-hydrogen) atoms. The van der Waals surface area contributed by atoms with Gasteiger partial charge in [0.05, 0.1) is 12.9 Å². The van der Waals surface area contributed by atoms with Gasteiger partial charge in [0, 0.05) is 18.3 Å². The molecule has 0 aliphatic heterocycles. The molecule has 3 heterocycles. The first-order chi connectivity index (χ1) is 13.6. The molecule has 0 spiro atoms. The third-order valence-electron chi connectivity index (χ3n) is 4.37. The van der Waals surface area contributed by atoms with Crippen LogP contribution in [-0.2, 0) is 6.54 Å². The monoisotopic (exact) mass is 381 g/mol. The second-order valence-corrected chi connectivity index (χ2v) is 6.24. The minimum absolute atomic E-state index is 0.00710. The number of hydrogen-bond acceptors (Lipinski definition) is 7. The van der Waals surface area contributed by atoms with Gasteiger partial charge in [0.25, 0.3) is 0 Å². The maximum Gasteiger partial charge on any atom is 0.351 e. The van der Waals surface area contributed by atoms with Crippen LogP contribution >= 0.6 is 0 Å². The average Bonchev–Trinajstić information content (AvgIpc) is 3.32. The highest BCUT2D eigenvalue weighted by atomic mass is 19.1. The molecule has 4 aromatic rings. The SMILES string of the molecule is Cc1cc(-c2ccc3nonc3c2)cnc1-n1cnn(C/C(=C/F)CN)c1=O. The summed E-state index contributed by atoms with van der Waals surface area (Å²) < 4.78 is 19.9. The van der Waals surface area contributed by atoms with E-state index in [1.54, 1.807) is 6.20 Å². The topological polar surface area (TPSA) is 118 Å². The molecule has 2 N–H and O–H groups in total. The molecule has 3 aromatic heterocycles. The molecule has 10 heteroatoms. The van der Waals surface area contributed by atoms with Crippen molar-refractivity contribution in [3.63, 3.8) is 0 Å². The fourth-order valence-corrected chi connectivity index (χ4v) is 2.87. The van der Waals surface area contributed by atoms with Crippen LogP contribution in [0.2, 0.25) is 0 Å². The molecule has 0 amide bonds. The lowest BCUT2D eigenvalue weighted by molar-refractivity contribution is 0.315. The van der Waals surface area contributed by atoms with Crippen LogP contribution in [0.5, 0.6) is 0 Å². The molecular formula is C18H16FN7O2. The van der Waals surface area contributed by atoms with Crippen molar-refractivity contribution in [3.05, 3.63) is 64.7 Å². The van der Waals surface area contributed by atoms with E-state index < -0.39 is 5.69 Å². The van der Waals surface area contributed by atoms with Crippen LogP contribution in [0.1, 0.15) is 5.56 Å². The van der Waals surface area contributed by atoms with Crippen LogP contribution in [0.4, 0.5) is 4.39 Å². The molecule has 0 radical (unpaired) electrons. The number of fused-ring (bicyclic) bond motifs is 1. The summed E-state index contributed by atoms with van der Waals surface area (Å²) in [5.74, 6) is 0.447. The molecular weight excluding hydrogens is 365 g/mol. The Balaban J connectivity index is 1.68. The smallest absolute Gasteiger partial charge is 0.327 e. The first kappa shape index (κ1) is 17.7. The molecule has 0 aliphatic rings. The van der Waals surface area contributed by atoms with Gasteiger partial charge in [-0.25, -0.2) is 28.0 Å². The first-order valence-corrected chi connectivity index (χ1v) is 8.43. The van der Waals surface area contributed by atoms with E-state index >= 15 is 0 Å². The molecule has 1 aromatic carbocycles. The Kier molecular flexibility index (Phi) is 4.53. The summed E-state index contributed by atoms with van der Waals surface area (Å²) in [4.78, 5) is 17.0. The third-order valence-corrected chi connectivity index (χ3v) is 4.37. The van der Waals surface area contributed by atoms with Crippen LogP contribution in [0.15, 0.2) is 58.1 Å². The Bertz CT molecular complexity index is 1240. The zero-order valence-electron chi connectivity index (χ0n) is 14.9. The van der Waals surface area contributed by atoms with Crippen LogP contribution in [-0.4, -0.2) is 36.2 Å². The van der Waals surface area contributed by atoms with E-state index in [2.05, 4.69) is 20.4 Å². The number of nitrogens with zero attached hydrogens (tertiary/aromatic N) is 6. The number of halogens is 1. The lowest BCUT2D eigenvalue weighted by Gasteiger charge is -2.07. The quantitative estimate of drug-likeness (QED) is 0.559. The van der Waals surface area contributed by atoms with Gasteiger partial charge in [-0.05, 0) is 52.1 Å². The fraction of sp³-hybridized carbons (Fsp3) is 0.167. The highest BCUT2D eigenvalue weighted by Gasteiger charge is 2.13. The minimum atomic E-state index is -0.425. The van der Waals surface area contributed by atoms with Crippen LogP contribution in [0.25, 0.3) is 28.0 Å². The summed E-state index contributed by atoms with van der Waals surface area (Å²) >= 11 is 0. The summed E-state index contributed by atoms with van der Waals surface area (Å²) in [7, 11) is 0. The van der Waals surface area contributed by atoms with Gasteiger partial charge in [-0.2, -0.15) is 5.10 Å². The molecule has 0 bridgehead atoms. The van der Waals surface area contributed by atoms with Crippen LogP contribution in [0, 0.1) is 6.92 Å². The molecule has 0 saturated heterocycles. The van der Waals surface area contributed by atoms with Gasteiger partial charge >= 0.3 is 5.69 Å². The van der Waals surface area contributed by atoms with E-state index in [0.29, 0.717) is 23.2 Å². The van der Waals surface area contributed by atoms with Crippen molar-refractivity contribution in [2.45, 2.75) is 13.5 Å². The second kappa shape index (κ2) is 7.16. The zero-order chi connectivity index (χ0) is 19.7. The standard InChI is InChI=1S/C18H16FN7O2/c1-11-4-14(13-2-3-15-16(5-13)24-28-23-15)8-21-17(11)25-10-22-26(18(25)27)9-12(6-19)7-20/h2-6,8,10H,7,9,20H2,1H3/b12-6+. The van der Waals surface area contributed by atoms with Gasteiger partial charge in [-0.3, -0.25) is 0 Å². The first-order valence-electron chi connectivity index (χ1n) is 8.43. The summed E-state index contributed by atoms with van der Waals surface area (Å²) in [6.07, 6.45) is 3.41. The maximum atomic E-state index is 12.7.